The maximum absolute atomic E-state index is 11.6. The van der Waals surface area contributed by atoms with Crippen molar-refractivity contribution in [1.82, 2.24) is 0 Å². The number of hydrogen-bond donors (Lipinski definition) is 1. The predicted octanol–water partition coefficient (Wildman–Crippen LogP) is 16.9. The van der Waals surface area contributed by atoms with Gasteiger partial charge in [0.15, 0.2) is 0 Å². The molecule has 2 atom stereocenters. The van der Waals surface area contributed by atoms with E-state index in [4.69, 9.17) is 10.5 Å². The van der Waals surface area contributed by atoms with Gasteiger partial charge in [-0.05, 0) is 71.1 Å². The molecule has 0 aliphatic rings. The van der Waals surface area contributed by atoms with Crippen LogP contribution >= 0.6 is 0 Å². The normalized spacial score (nSPS) is 12.1. The molecule has 1 rings (SSSR count). The number of rotatable bonds is 19. The van der Waals surface area contributed by atoms with Gasteiger partial charge in [0.05, 0.1) is 12.0 Å². The molecule has 0 spiro atoms. The van der Waals surface area contributed by atoms with Crippen LogP contribution in [0.15, 0.2) is 129 Å². The van der Waals surface area contributed by atoms with Crippen molar-refractivity contribution in [2.45, 2.75) is 161 Å². The fraction of sp³-hybridized carbons (Fsp3) is 0.538. The highest BCUT2D eigenvalue weighted by atomic mass is 19.4. The Balaban J connectivity index is -0.000000122. The van der Waals surface area contributed by atoms with Crippen LogP contribution in [0.1, 0.15) is 155 Å². The lowest BCUT2D eigenvalue weighted by Crippen LogP contribution is -2.35. The number of amides is 1. The second kappa shape index (κ2) is 53.9. The maximum atomic E-state index is 11.6. The van der Waals surface area contributed by atoms with Gasteiger partial charge in [-0.2, -0.15) is 13.2 Å². The van der Waals surface area contributed by atoms with Gasteiger partial charge < -0.3 is 10.5 Å². The van der Waals surface area contributed by atoms with Crippen molar-refractivity contribution in [3.05, 3.63) is 129 Å². The molecule has 7 heteroatoms. The summed E-state index contributed by atoms with van der Waals surface area (Å²) >= 11 is 0. The van der Waals surface area contributed by atoms with Crippen molar-refractivity contribution in [2.24, 2.45) is 23.0 Å². The van der Waals surface area contributed by atoms with Gasteiger partial charge in [0.25, 0.3) is 0 Å². The Bertz CT molecular complexity index is 1210. The van der Waals surface area contributed by atoms with Gasteiger partial charge in [0.1, 0.15) is 11.5 Å². The predicted molar refractivity (Wildman–Crippen MR) is 259 cm³/mol. The highest BCUT2D eigenvalue weighted by Gasteiger charge is 2.31. The van der Waals surface area contributed by atoms with Crippen molar-refractivity contribution in [1.29, 1.82) is 0 Å². The van der Waals surface area contributed by atoms with Crippen LogP contribution in [-0.2, 0) is 9.59 Å². The molecule has 0 bridgehead atoms. The van der Waals surface area contributed by atoms with Crippen LogP contribution in [0.5, 0.6) is 5.75 Å². The number of ether oxygens (including phenoxy) is 1. The topological polar surface area (TPSA) is 69.4 Å². The number of alkyl halides is 3. The zero-order valence-corrected chi connectivity index (χ0v) is 40.4. The Hall–Kier alpha value is -4.13. The number of Topliss-reactive ketones (excluding diaryl/α,β-unsaturated/α-hetero) is 1. The third kappa shape index (κ3) is 58.3. The van der Waals surface area contributed by atoms with Crippen molar-refractivity contribution < 1.29 is 27.5 Å². The number of hydrogen-bond acceptors (Lipinski definition) is 3. The fourth-order valence-electron chi connectivity index (χ4n) is 4.04. The summed E-state index contributed by atoms with van der Waals surface area (Å²) in [6.45, 7) is 39.2. The minimum absolute atomic E-state index is 0.0649. The number of unbranched alkanes of at least 4 members (excludes halogenated alkanes) is 1. The summed E-state index contributed by atoms with van der Waals surface area (Å²) in [6.07, 6.45) is 28.3. The molecule has 0 heterocycles. The van der Waals surface area contributed by atoms with Crippen molar-refractivity contribution in [3.8, 4) is 5.75 Å². The van der Waals surface area contributed by atoms with Gasteiger partial charge in [-0.3, -0.25) is 9.59 Å². The first-order valence-corrected chi connectivity index (χ1v) is 21.6. The summed E-state index contributed by atoms with van der Waals surface area (Å²) < 4.78 is 36.7. The fourth-order valence-corrected chi connectivity index (χ4v) is 4.04. The molecule has 2 N–H and O–H groups in total. The second-order valence-corrected chi connectivity index (χ2v) is 12.8. The van der Waals surface area contributed by atoms with Gasteiger partial charge in [0, 0.05) is 12.8 Å². The lowest BCUT2D eigenvalue weighted by molar-refractivity contribution is -0.124. The minimum atomic E-state index is -4.00. The first-order chi connectivity index (χ1) is 27.9. The Morgan fingerprint density at radius 2 is 1.17 bits per heavy atom. The summed E-state index contributed by atoms with van der Waals surface area (Å²) in [5, 5.41) is 0. The van der Waals surface area contributed by atoms with E-state index in [-0.39, 0.29) is 24.5 Å². The molecule has 1 aromatic rings. The highest BCUT2D eigenvalue weighted by Crippen LogP contribution is 2.31. The number of carbonyl (C=O) groups is 2. The Morgan fingerprint density at radius 1 is 0.746 bits per heavy atom. The molecule has 0 saturated carbocycles. The first kappa shape index (κ1) is 69.5. The number of halogens is 3. The van der Waals surface area contributed by atoms with E-state index in [1.165, 1.54) is 38.5 Å². The molecular weight excluding hydrogens is 744 g/mol. The molecule has 0 saturated heterocycles. The van der Waals surface area contributed by atoms with E-state index in [2.05, 4.69) is 54.4 Å². The Kier molecular flexibility index (Phi) is 63.4. The van der Waals surface area contributed by atoms with E-state index in [9.17, 15) is 22.8 Å². The minimum Gasteiger partial charge on any atom is -0.494 e. The van der Waals surface area contributed by atoms with Crippen molar-refractivity contribution in [2.75, 3.05) is 6.61 Å². The van der Waals surface area contributed by atoms with E-state index < -0.39 is 11.6 Å². The molecule has 0 radical (unpaired) electrons. The standard InChI is InChI=1S/C16H23NO.C16H20O2.C8H18.C4H10.C2H3F3.2C2H6.C2H4/c1-5-7-9-11-13-16(4,15(17)18)14(3)12-10-8-6-2;1-3-4-6-9-15(14(2)17)12-13-18-16-10-7-5-8-11-16;1-4-6-8(3)7-5-2;1-3-4-2;1-2(3,4)5;3*1-2/h5-12H,3,13H2,1-2,4H3,(H2,17,18);3-11,15H,12-13H2,1-2H3;8H,4-7H2,1-3H3;3-4H2,1-2H3;1H3;2*1-2H3;1-2H2/b7-5-,8-6-,11-9-,12-10-;4-3-,9-6-;;;;;;. The number of carbonyl (C=O) groups excluding carboxylic acids is 2. The van der Waals surface area contributed by atoms with Gasteiger partial charge in [0.2, 0.25) is 5.91 Å². The van der Waals surface area contributed by atoms with Crippen LogP contribution in [0.4, 0.5) is 13.2 Å². The van der Waals surface area contributed by atoms with Crippen LogP contribution in [0, 0.1) is 17.3 Å². The molecule has 342 valence electrons. The van der Waals surface area contributed by atoms with E-state index >= 15 is 0 Å². The van der Waals surface area contributed by atoms with Gasteiger partial charge in [-0.15, -0.1) is 13.2 Å². The molecule has 59 heavy (non-hydrogen) atoms. The number of nitrogens with two attached hydrogens (primary N) is 1. The van der Waals surface area contributed by atoms with Crippen LogP contribution in [0.3, 0.4) is 0 Å². The van der Waals surface area contributed by atoms with Gasteiger partial charge >= 0.3 is 6.18 Å². The maximum Gasteiger partial charge on any atom is 0.386 e. The third-order valence-corrected chi connectivity index (χ3v) is 7.49. The quantitative estimate of drug-likeness (QED) is 0.111. The van der Waals surface area contributed by atoms with Crippen LogP contribution in [0.25, 0.3) is 0 Å². The molecule has 2 unspecified atom stereocenters. The lowest BCUT2D eigenvalue weighted by atomic mass is 9.78. The third-order valence-electron chi connectivity index (χ3n) is 7.49. The van der Waals surface area contributed by atoms with Gasteiger partial charge in [-0.25, -0.2) is 0 Å². The molecular formula is C52H90F3NO3. The average molecular weight is 834 g/mol. The van der Waals surface area contributed by atoms with Crippen molar-refractivity contribution >= 4 is 11.7 Å². The molecule has 0 aromatic heterocycles. The van der Waals surface area contributed by atoms with Crippen molar-refractivity contribution in [3.63, 3.8) is 0 Å². The summed E-state index contributed by atoms with van der Waals surface area (Å²) in [5.74, 6) is 1.56. The first-order valence-electron chi connectivity index (χ1n) is 21.6. The summed E-state index contributed by atoms with van der Waals surface area (Å²) in [7, 11) is 0. The lowest BCUT2D eigenvalue weighted by Gasteiger charge is -2.25. The number of allylic oxidation sites excluding steroid dienone is 12. The second-order valence-electron chi connectivity index (χ2n) is 12.8. The highest BCUT2D eigenvalue weighted by molar-refractivity contribution is 5.84. The molecule has 1 aromatic carbocycles. The molecule has 0 aliphatic heterocycles. The van der Waals surface area contributed by atoms with E-state index in [0.717, 1.165) is 17.2 Å². The van der Waals surface area contributed by atoms with E-state index in [1.807, 2.05) is 159 Å². The van der Waals surface area contributed by atoms with Crippen LogP contribution in [0.2, 0.25) is 0 Å². The molecule has 0 fully saturated rings. The summed E-state index contributed by atoms with van der Waals surface area (Å²) in [5.41, 5.74) is 5.47. The van der Waals surface area contributed by atoms with Crippen LogP contribution in [-0.4, -0.2) is 24.5 Å². The van der Waals surface area contributed by atoms with E-state index in [0.29, 0.717) is 19.4 Å². The Morgan fingerprint density at radius 3 is 1.54 bits per heavy atom. The van der Waals surface area contributed by atoms with Gasteiger partial charge in [-0.1, -0.05) is 199 Å². The average Bonchev–Trinajstić information content (AvgIpc) is 3.21. The number of primary amides is 1. The van der Waals surface area contributed by atoms with Crippen LogP contribution < -0.4 is 10.5 Å². The molecule has 4 nitrogen and oxygen atoms in total. The zero-order chi connectivity index (χ0) is 47.6. The number of para-hydroxylation sites is 1. The number of ketones is 1. The SMILES string of the molecule is C/C=C\C=C/C(CCOc1ccccc1)C(C)=O.C=C.C=C(/C=C\C=C/C)C(C)(C/C=C\C=C/C)C(N)=O.CC.CC.CC(F)(F)F.CCCC.CCCC(C)CCC. The molecule has 1 amide bonds. The van der Waals surface area contributed by atoms with E-state index in [1.54, 1.807) is 6.92 Å². The number of benzene rings is 1. The smallest absolute Gasteiger partial charge is 0.386 e. The molecule has 0 aliphatic carbocycles. The summed E-state index contributed by atoms with van der Waals surface area (Å²) in [6, 6.07) is 9.65. The summed E-state index contributed by atoms with van der Waals surface area (Å²) in [4.78, 5) is 23.1. The zero-order valence-electron chi connectivity index (χ0n) is 40.4. The monoisotopic (exact) mass is 834 g/mol. The largest absolute Gasteiger partial charge is 0.494 e. The Labute approximate surface area is 363 Å².